The molecular formula is C27H42O4. The second-order valence-corrected chi connectivity index (χ2v) is 9.29. The molecular weight excluding hydrogens is 388 g/mol. The summed E-state index contributed by atoms with van der Waals surface area (Å²) in [6.45, 7) is 14.2. The third-order valence-electron chi connectivity index (χ3n) is 5.52. The number of benzene rings is 2. The summed E-state index contributed by atoms with van der Waals surface area (Å²) < 4.78 is 0. The minimum atomic E-state index is 0.222. The van der Waals surface area contributed by atoms with E-state index in [9.17, 15) is 20.4 Å². The van der Waals surface area contributed by atoms with Crippen LogP contribution in [0.25, 0.3) is 0 Å². The Morgan fingerprint density at radius 3 is 1.42 bits per heavy atom. The molecule has 4 nitrogen and oxygen atoms in total. The highest BCUT2D eigenvalue weighted by Crippen LogP contribution is 2.36. The number of hydrogen-bond donors (Lipinski definition) is 4. The average Bonchev–Trinajstić information content (AvgIpc) is 2.68. The van der Waals surface area contributed by atoms with E-state index in [-0.39, 0.29) is 29.3 Å². The summed E-state index contributed by atoms with van der Waals surface area (Å²) in [5.74, 6) is 1.87. The van der Waals surface area contributed by atoms with Crippen molar-refractivity contribution in [3.8, 4) is 23.0 Å². The van der Waals surface area contributed by atoms with Crippen molar-refractivity contribution in [2.75, 3.05) is 0 Å². The van der Waals surface area contributed by atoms with Gasteiger partial charge in [-0.05, 0) is 60.4 Å². The van der Waals surface area contributed by atoms with Crippen LogP contribution in [0, 0.1) is 0 Å². The summed E-state index contributed by atoms with van der Waals surface area (Å²) >= 11 is 0. The maximum Gasteiger partial charge on any atom is 0.122 e. The van der Waals surface area contributed by atoms with Crippen molar-refractivity contribution in [1.82, 2.24) is 0 Å². The molecule has 31 heavy (non-hydrogen) atoms. The quantitative estimate of drug-likeness (QED) is 0.256. The molecule has 0 saturated heterocycles. The molecule has 0 saturated carbocycles. The largest absolute Gasteiger partial charge is 0.508 e. The van der Waals surface area contributed by atoms with Gasteiger partial charge in [-0.25, -0.2) is 0 Å². The molecule has 0 aromatic heterocycles. The zero-order valence-electron chi connectivity index (χ0n) is 20.4. The topological polar surface area (TPSA) is 80.9 Å². The van der Waals surface area contributed by atoms with E-state index in [0.29, 0.717) is 11.5 Å². The van der Waals surface area contributed by atoms with Gasteiger partial charge in [0.2, 0.25) is 0 Å². The summed E-state index contributed by atoms with van der Waals surface area (Å²) in [6.07, 6.45) is 5.55. The number of unbranched alkanes of at least 4 members (excludes halogenated alkanes) is 3. The lowest BCUT2D eigenvalue weighted by Crippen LogP contribution is -1.95. The molecule has 0 aliphatic carbocycles. The predicted octanol–water partition coefficient (Wildman–Crippen LogP) is 7.69. The Balaban J connectivity index is 0.000000316. The summed E-state index contributed by atoms with van der Waals surface area (Å²) in [4.78, 5) is 0. The van der Waals surface area contributed by atoms with Crippen LogP contribution in [0.15, 0.2) is 24.3 Å². The van der Waals surface area contributed by atoms with Crippen molar-refractivity contribution in [1.29, 1.82) is 0 Å². The van der Waals surface area contributed by atoms with E-state index in [4.69, 9.17) is 0 Å². The smallest absolute Gasteiger partial charge is 0.122 e. The molecule has 0 spiro atoms. The minimum Gasteiger partial charge on any atom is -0.508 e. The van der Waals surface area contributed by atoms with Crippen molar-refractivity contribution in [2.24, 2.45) is 0 Å². The Morgan fingerprint density at radius 2 is 1.00 bits per heavy atom. The molecule has 2 aromatic carbocycles. The van der Waals surface area contributed by atoms with E-state index in [0.717, 1.165) is 35.1 Å². The molecule has 174 valence electrons. The van der Waals surface area contributed by atoms with Crippen molar-refractivity contribution in [2.45, 2.75) is 98.3 Å². The van der Waals surface area contributed by atoms with Gasteiger partial charge in [0.05, 0.1) is 0 Å². The van der Waals surface area contributed by atoms with Gasteiger partial charge < -0.3 is 20.4 Å². The number of hydrogen-bond acceptors (Lipinski definition) is 4. The standard InChI is InChI=1S/C15H24O2.C12H18O2/c1-4-5-6-7-8-12-9-13(16)10-14(11(2)3)15(12)17;1-7(2)10-5-9(13)6-11(8(3)4)12(10)14/h9-11,16-17H,4-8H2,1-3H3;5-8,13-14H,1-4H3. The van der Waals surface area contributed by atoms with Crippen LogP contribution in [0.1, 0.15) is 114 Å². The molecule has 0 fully saturated rings. The first kappa shape index (κ1) is 26.7. The highest BCUT2D eigenvalue weighted by molar-refractivity contribution is 5.49. The van der Waals surface area contributed by atoms with Crippen LogP contribution >= 0.6 is 0 Å². The first-order valence-corrected chi connectivity index (χ1v) is 11.6. The number of aryl methyl sites for hydroxylation is 1. The zero-order valence-corrected chi connectivity index (χ0v) is 20.4. The van der Waals surface area contributed by atoms with E-state index >= 15 is 0 Å². The number of phenols is 4. The molecule has 0 radical (unpaired) electrons. The van der Waals surface area contributed by atoms with Crippen molar-refractivity contribution in [3.05, 3.63) is 46.5 Å². The van der Waals surface area contributed by atoms with E-state index in [2.05, 4.69) is 6.92 Å². The van der Waals surface area contributed by atoms with Gasteiger partial charge >= 0.3 is 0 Å². The van der Waals surface area contributed by atoms with Crippen LogP contribution in [0.4, 0.5) is 0 Å². The van der Waals surface area contributed by atoms with Gasteiger partial charge in [-0.2, -0.15) is 0 Å². The second kappa shape index (κ2) is 12.5. The van der Waals surface area contributed by atoms with E-state index in [1.807, 2.05) is 41.5 Å². The fourth-order valence-corrected chi connectivity index (χ4v) is 3.62. The molecule has 4 heteroatoms. The number of aromatic hydroxyl groups is 4. The van der Waals surface area contributed by atoms with Gasteiger partial charge in [0, 0.05) is 16.7 Å². The molecule has 0 aliphatic heterocycles. The van der Waals surface area contributed by atoms with Gasteiger partial charge in [-0.15, -0.1) is 0 Å². The Labute approximate surface area is 188 Å². The minimum absolute atomic E-state index is 0.222. The summed E-state index contributed by atoms with van der Waals surface area (Å²) in [7, 11) is 0. The third kappa shape index (κ3) is 8.01. The fourth-order valence-electron chi connectivity index (χ4n) is 3.62. The second-order valence-electron chi connectivity index (χ2n) is 9.29. The zero-order chi connectivity index (χ0) is 23.7. The molecule has 0 unspecified atom stereocenters. The maximum atomic E-state index is 10.1. The van der Waals surface area contributed by atoms with Gasteiger partial charge in [0.25, 0.3) is 0 Å². The maximum absolute atomic E-state index is 10.1. The van der Waals surface area contributed by atoms with Crippen LogP contribution in [0.3, 0.4) is 0 Å². The van der Waals surface area contributed by atoms with Crippen molar-refractivity contribution in [3.63, 3.8) is 0 Å². The lowest BCUT2D eigenvalue weighted by atomic mass is 9.93. The molecule has 2 aromatic rings. The Kier molecular flexibility index (Phi) is 10.7. The van der Waals surface area contributed by atoms with Crippen LogP contribution in [0.2, 0.25) is 0 Å². The SMILES string of the molecule is CC(C)c1cc(O)cc(C(C)C)c1O.CCCCCCc1cc(O)cc(C(C)C)c1O. The van der Waals surface area contributed by atoms with Crippen molar-refractivity contribution < 1.29 is 20.4 Å². The normalized spacial score (nSPS) is 11.2. The van der Waals surface area contributed by atoms with E-state index in [1.54, 1.807) is 24.3 Å². The van der Waals surface area contributed by atoms with Gasteiger partial charge in [0.15, 0.2) is 0 Å². The predicted molar refractivity (Wildman–Crippen MR) is 130 cm³/mol. The first-order chi connectivity index (χ1) is 14.5. The van der Waals surface area contributed by atoms with E-state index < -0.39 is 0 Å². The molecule has 4 N–H and O–H groups in total. The van der Waals surface area contributed by atoms with Gasteiger partial charge in [-0.3, -0.25) is 0 Å². The molecule has 0 amide bonds. The van der Waals surface area contributed by atoms with Crippen LogP contribution < -0.4 is 0 Å². The van der Waals surface area contributed by atoms with Crippen molar-refractivity contribution >= 4 is 0 Å². The van der Waals surface area contributed by atoms with Gasteiger partial charge in [0.1, 0.15) is 23.0 Å². The lowest BCUT2D eigenvalue weighted by Gasteiger charge is -2.15. The van der Waals surface area contributed by atoms with Crippen LogP contribution in [0.5, 0.6) is 23.0 Å². The molecule has 0 bridgehead atoms. The lowest BCUT2D eigenvalue weighted by molar-refractivity contribution is 0.441. The Hall–Kier alpha value is -2.36. The fraction of sp³-hybridized carbons (Fsp3) is 0.556. The summed E-state index contributed by atoms with van der Waals surface area (Å²) in [6, 6.07) is 6.61. The molecule has 2 rings (SSSR count). The Bertz CT molecular complexity index is 793. The number of rotatable bonds is 8. The number of phenolic OH excluding ortho intramolecular Hbond substituents is 4. The average molecular weight is 431 g/mol. The molecule has 0 heterocycles. The van der Waals surface area contributed by atoms with Crippen LogP contribution in [-0.2, 0) is 6.42 Å². The molecule has 0 atom stereocenters. The third-order valence-corrected chi connectivity index (χ3v) is 5.52. The first-order valence-electron chi connectivity index (χ1n) is 11.6. The monoisotopic (exact) mass is 430 g/mol. The van der Waals surface area contributed by atoms with Gasteiger partial charge in [-0.1, -0.05) is 67.7 Å². The van der Waals surface area contributed by atoms with E-state index in [1.165, 1.54) is 19.3 Å². The molecule has 0 aliphatic rings. The Morgan fingerprint density at radius 1 is 0.581 bits per heavy atom. The summed E-state index contributed by atoms with van der Waals surface area (Å²) in [5, 5.41) is 39.2. The van der Waals surface area contributed by atoms with Crippen LogP contribution in [-0.4, -0.2) is 20.4 Å². The highest BCUT2D eigenvalue weighted by atomic mass is 16.3. The summed E-state index contributed by atoms with van der Waals surface area (Å²) in [5.41, 5.74) is 3.35. The highest BCUT2D eigenvalue weighted by Gasteiger charge is 2.14.